The van der Waals surface area contributed by atoms with Gasteiger partial charge in [-0.15, -0.1) is 0 Å². The maximum Gasteiger partial charge on any atom is 0.329 e. The minimum atomic E-state index is -1.67. The highest BCUT2D eigenvalue weighted by Crippen LogP contribution is 2.28. The lowest BCUT2D eigenvalue weighted by atomic mass is 9.98. The Bertz CT molecular complexity index is 1000. The molecular formula is C26H44N4O16. The van der Waals surface area contributed by atoms with Gasteiger partial charge in [0.1, 0.15) is 68.1 Å². The molecule has 2 heterocycles. The van der Waals surface area contributed by atoms with Crippen molar-refractivity contribution in [2.45, 2.75) is 93.6 Å². The van der Waals surface area contributed by atoms with E-state index in [1.807, 2.05) is 0 Å². The second-order valence-corrected chi connectivity index (χ2v) is 10.3. The number of aliphatic hydroxyl groups is 4. The minimum Gasteiger partial charge on any atom is -0.480 e. The van der Waals surface area contributed by atoms with Crippen molar-refractivity contribution in [3.63, 3.8) is 0 Å². The molecule has 6 N–H and O–H groups in total. The van der Waals surface area contributed by atoms with Gasteiger partial charge in [-0.3, -0.25) is 4.79 Å². The van der Waals surface area contributed by atoms with Crippen LogP contribution in [0.2, 0.25) is 0 Å². The molecule has 0 aromatic heterocycles. The van der Waals surface area contributed by atoms with Crippen LogP contribution in [-0.4, -0.2) is 165 Å². The number of nitrogens with one attached hydrogen (secondary N) is 1. The van der Waals surface area contributed by atoms with Crippen molar-refractivity contribution in [2.75, 3.05) is 53.8 Å². The van der Waals surface area contributed by atoms with Gasteiger partial charge in [0, 0.05) is 25.7 Å². The molecule has 264 valence electrons. The fourth-order valence-electron chi connectivity index (χ4n) is 4.80. The number of unbranched alkanes of at least 4 members (excludes halogenated alkanes) is 1. The summed E-state index contributed by atoms with van der Waals surface area (Å²) in [7, 11) is 2.55. The molecule has 2 aliphatic rings. The van der Waals surface area contributed by atoms with Crippen molar-refractivity contribution in [1.29, 1.82) is 0 Å². The van der Waals surface area contributed by atoms with Crippen LogP contribution in [0.3, 0.4) is 0 Å². The molecule has 0 saturated carbocycles. The van der Waals surface area contributed by atoms with Crippen LogP contribution < -0.4 is 5.32 Å². The monoisotopic (exact) mass is 668 g/mol. The van der Waals surface area contributed by atoms with Gasteiger partial charge in [0.2, 0.25) is 5.91 Å². The Labute approximate surface area is 264 Å². The first-order chi connectivity index (χ1) is 22.0. The summed E-state index contributed by atoms with van der Waals surface area (Å²) in [5.41, 5.74) is 8.39. The quantitative estimate of drug-likeness (QED) is 0.0258. The molecule has 2 rings (SSSR count). The van der Waals surface area contributed by atoms with Crippen LogP contribution in [0, 0.1) is 0 Å². The summed E-state index contributed by atoms with van der Waals surface area (Å²) >= 11 is 0. The van der Waals surface area contributed by atoms with Crippen molar-refractivity contribution in [2.24, 2.45) is 5.11 Å². The summed E-state index contributed by atoms with van der Waals surface area (Å²) in [6.45, 7) is -0.274. The topological polar surface area (TPSA) is 287 Å². The van der Waals surface area contributed by atoms with Gasteiger partial charge in [-0.25, -0.2) is 9.59 Å². The van der Waals surface area contributed by atoms with Gasteiger partial charge < -0.3 is 68.7 Å². The normalized spacial score (nSPS) is 31.8. The summed E-state index contributed by atoms with van der Waals surface area (Å²) in [5, 5.41) is 57.8. The second-order valence-electron chi connectivity index (χ2n) is 10.3. The number of nitrogens with zero attached hydrogens (tertiary/aromatic N) is 3. The van der Waals surface area contributed by atoms with Gasteiger partial charge in [0.15, 0.2) is 12.6 Å². The fourth-order valence-corrected chi connectivity index (χ4v) is 4.80. The third-order valence-electron chi connectivity index (χ3n) is 7.05. The lowest BCUT2D eigenvalue weighted by Crippen LogP contribution is -2.62. The van der Waals surface area contributed by atoms with E-state index in [0.29, 0.717) is 12.8 Å². The number of carboxylic acid groups (broad SMARTS) is 1. The molecule has 0 bridgehead atoms. The Morgan fingerprint density at radius 1 is 0.891 bits per heavy atom. The Hall–Kier alpha value is -2.72. The Balaban J connectivity index is 2.05. The van der Waals surface area contributed by atoms with Gasteiger partial charge in [-0.1, -0.05) is 11.5 Å². The zero-order chi connectivity index (χ0) is 34.2. The number of esters is 1. The molecular weight excluding hydrogens is 624 g/mol. The maximum atomic E-state index is 12.7. The molecule has 0 aromatic carbocycles. The number of hydrogen-bond acceptors (Lipinski definition) is 16. The first-order valence-corrected chi connectivity index (χ1v) is 14.6. The molecule has 2 saturated heterocycles. The number of aliphatic hydroxyl groups excluding tert-OH is 4. The lowest BCUT2D eigenvalue weighted by Gasteiger charge is -2.44. The van der Waals surface area contributed by atoms with Crippen LogP contribution in [0.5, 0.6) is 0 Å². The van der Waals surface area contributed by atoms with E-state index in [-0.39, 0.29) is 26.2 Å². The number of rotatable bonds is 20. The Morgan fingerprint density at radius 2 is 1.50 bits per heavy atom. The summed E-state index contributed by atoms with van der Waals surface area (Å²) in [6, 6.07) is -1.02. The van der Waals surface area contributed by atoms with E-state index in [0.717, 1.165) is 0 Å². The molecule has 0 spiro atoms. The van der Waals surface area contributed by atoms with Crippen molar-refractivity contribution >= 4 is 17.8 Å². The average Bonchev–Trinajstić information content (AvgIpc) is 3.01. The van der Waals surface area contributed by atoms with Gasteiger partial charge in [0.05, 0.1) is 19.8 Å². The van der Waals surface area contributed by atoms with Crippen molar-refractivity contribution in [3.8, 4) is 0 Å². The zero-order valence-corrected chi connectivity index (χ0v) is 25.8. The van der Waals surface area contributed by atoms with Gasteiger partial charge in [0.25, 0.3) is 0 Å². The highest BCUT2D eigenvalue weighted by atomic mass is 16.7. The van der Waals surface area contributed by atoms with Crippen LogP contribution in [0.4, 0.5) is 0 Å². The highest BCUT2D eigenvalue weighted by Gasteiger charge is 2.49. The first-order valence-electron chi connectivity index (χ1n) is 14.6. The molecule has 4 unspecified atom stereocenters. The number of methoxy groups -OCH3 is 2. The summed E-state index contributed by atoms with van der Waals surface area (Å²) < 4.78 is 42.6. The predicted molar refractivity (Wildman–Crippen MR) is 150 cm³/mol. The number of carboxylic acids is 1. The number of aliphatic carboxylic acids is 1. The van der Waals surface area contributed by atoms with E-state index in [9.17, 15) is 34.8 Å². The van der Waals surface area contributed by atoms with E-state index < -0.39 is 105 Å². The summed E-state index contributed by atoms with van der Waals surface area (Å²) in [5.74, 6) is -2.77. The third-order valence-corrected chi connectivity index (χ3v) is 7.05. The molecule has 20 nitrogen and oxygen atoms in total. The molecule has 0 aromatic rings. The Kier molecular flexibility index (Phi) is 17.6. The number of carbonyl (C=O) groups excluding carboxylic acids is 2. The third kappa shape index (κ3) is 11.8. The second kappa shape index (κ2) is 20.5. The number of amides is 1. The van der Waals surface area contributed by atoms with Crippen LogP contribution in [0.1, 0.15) is 26.2 Å². The van der Waals surface area contributed by atoms with E-state index >= 15 is 0 Å². The van der Waals surface area contributed by atoms with E-state index in [1.165, 1.54) is 14.2 Å². The zero-order valence-electron chi connectivity index (χ0n) is 25.8. The van der Waals surface area contributed by atoms with Crippen molar-refractivity contribution < 1.29 is 77.8 Å². The van der Waals surface area contributed by atoms with Crippen molar-refractivity contribution in [3.05, 3.63) is 10.4 Å². The SMILES string of the molecule is CCOC(=O)[C@H](CCCCN=[N+]=[N-])NC(=O)CO[C@@H]1C(O)[C@@H](OC)OC(CO[C@@H]2OC(COC)[C@@H](O)[C@H](OCC(=O)O)C2O)[C@H]1O. The minimum absolute atomic E-state index is 0.0787. The van der Waals surface area contributed by atoms with E-state index in [1.54, 1.807) is 6.92 Å². The van der Waals surface area contributed by atoms with E-state index in [4.69, 9.17) is 48.5 Å². The fraction of sp³-hybridized carbons (Fsp3) is 0.885. The first kappa shape index (κ1) is 39.5. The largest absolute Gasteiger partial charge is 0.480 e. The standard InChI is InChI=1S/C26H44N4O16/c1-4-41-24(38)13(7-5-6-8-28-30-27)29-16(31)11-42-22-19(35)15(45-25(40-3)20(22)36)10-44-26-21(37)23(43-12-17(32)33)18(34)14(46-26)9-39-2/h13-15,18-23,25-26,34-37H,4-12H2,1-3H3,(H,29,31)(H,32,33)/t13-,14?,15?,18+,19+,20?,21?,22-,23-,25-,26+/m0/s1. The molecule has 2 fully saturated rings. The number of ether oxygens (including phenoxy) is 8. The molecule has 2 aliphatic heterocycles. The van der Waals surface area contributed by atoms with Gasteiger partial charge in [-0.2, -0.15) is 0 Å². The number of azide groups is 1. The predicted octanol–water partition coefficient (Wildman–Crippen LogP) is -2.43. The maximum absolute atomic E-state index is 12.7. The van der Waals surface area contributed by atoms with E-state index in [2.05, 4.69) is 15.3 Å². The smallest absolute Gasteiger partial charge is 0.329 e. The van der Waals surface area contributed by atoms with Gasteiger partial charge >= 0.3 is 11.9 Å². The Morgan fingerprint density at radius 3 is 2.09 bits per heavy atom. The number of carbonyl (C=O) groups is 3. The number of hydrogen-bond donors (Lipinski definition) is 6. The lowest BCUT2D eigenvalue weighted by molar-refractivity contribution is -0.333. The van der Waals surface area contributed by atoms with Crippen LogP contribution in [-0.2, 0) is 52.3 Å². The van der Waals surface area contributed by atoms with Crippen molar-refractivity contribution in [1.82, 2.24) is 5.32 Å². The summed E-state index contributed by atoms with van der Waals surface area (Å²) in [4.78, 5) is 38.7. The molecule has 0 aliphatic carbocycles. The van der Waals surface area contributed by atoms with Crippen LogP contribution >= 0.6 is 0 Å². The summed E-state index contributed by atoms with van der Waals surface area (Å²) in [6.07, 6.45) is -13.3. The molecule has 0 radical (unpaired) electrons. The molecule has 46 heavy (non-hydrogen) atoms. The van der Waals surface area contributed by atoms with Gasteiger partial charge in [-0.05, 0) is 25.3 Å². The van der Waals surface area contributed by atoms with Crippen LogP contribution in [0.15, 0.2) is 5.11 Å². The molecule has 1 amide bonds. The average molecular weight is 669 g/mol. The van der Waals surface area contributed by atoms with Crippen LogP contribution in [0.25, 0.3) is 10.4 Å². The molecule has 20 heteroatoms. The highest BCUT2D eigenvalue weighted by molar-refractivity contribution is 5.85. The molecule has 11 atom stereocenters.